The molecule has 0 bridgehead atoms. The summed E-state index contributed by atoms with van der Waals surface area (Å²) in [6.45, 7) is 1.32. The van der Waals surface area contributed by atoms with Crippen LogP contribution >= 0.6 is 0 Å². The Hall–Kier alpha value is -2.51. The summed E-state index contributed by atoms with van der Waals surface area (Å²) in [5.41, 5.74) is 6.08. The third kappa shape index (κ3) is 4.52. The van der Waals surface area contributed by atoms with Crippen LogP contribution in [0.15, 0.2) is 42.6 Å². The predicted molar refractivity (Wildman–Crippen MR) is 89.5 cm³/mol. The van der Waals surface area contributed by atoms with E-state index in [1.54, 1.807) is 30.5 Å². The molecule has 1 aliphatic heterocycles. The Bertz CT molecular complexity index is 731. The SMILES string of the molecule is NC1(C(=O)NCc2ccc(Oc3cccc(F)c3)nc2)CCOCC1. The number of nitrogens with zero attached hydrogens (tertiary/aromatic N) is 1. The fraction of sp³-hybridized carbons (Fsp3) is 0.333. The van der Waals surface area contributed by atoms with E-state index in [4.69, 9.17) is 15.2 Å². The van der Waals surface area contributed by atoms with Gasteiger partial charge in [0.05, 0.1) is 5.54 Å². The van der Waals surface area contributed by atoms with Crippen LogP contribution in [-0.2, 0) is 16.1 Å². The van der Waals surface area contributed by atoms with Gasteiger partial charge in [-0.25, -0.2) is 9.37 Å². The minimum absolute atomic E-state index is 0.184. The van der Waals surface area contributed by atoms with E-state index in [-0.39, 0.29) is 11.7 Å². The number of amides is 1. The third-order valence-electron chi connectivity index (χ3n) is 4.11. The van der Waals surface area contributed by atoms with Crippen molar-refractivity contribution >= 4 is 5.91 Å². The van der Waals surface area contributed by atoms with Crippen LogP contribution < -0.4 is 15.8 Å². The smallest absolute Gasteiger partial charge is 0.240 e. The molecule has 3 N–H and O–H groups in total. The third-order valence-corrected chi connectivity index (χ3v) is 4.11. The van der Waals surface area contributed by atoms with E-state index in [2.05, 4.69) is 10.3 Å². The molecule has 2 aromatic rings. The van der Waals surface area contributed by atoms with Gasteiger partial charge in [-0.2, -0.15) is 0 Å². The highest BCUT2D eigenvalue weighted by atomic mass is 19.1. The molecule has 0 atom stereocenters. The monoisotopic (exact) mass is 345 g/mol. The zero-order valence-corrected chi connectivity index (χ0v) is 13.7. The van der Waals surface area contributed by atoms with Gasteiger partial charge in [0.1, 0.15) is 11.6 Å². The number of hydrogen-bond acceptors (Lipinski definition) is 5. The standard InChI is InChI=1S/C18H20FN3O3/c19-14-2-1-3-15(10-14)25-16-5-4-13(11-21-16)12-22-17(23)18(20)6-8-24-9-7-18/h1-5,10-11H,6-9,12,20H2,(H,22,23). The fourth-order valence-corrected chi connectivity index (χ4v) is 2.55. The fourth-order valence-electron chi connectivity index (χ4n) is 2.55. The summed E-state index contributed by atoms with van der Waals surface area (Å²) in [5.74, 6) is 0.162. The van der Waals surface area contributed by atoms with Crippen LogP contribution in [0, 0.1) is 5.82 Å². The number of carbonyl (C=O) groups excluding carboxylic acids is 1. The number of carbonyl (C=O) groups is 1. The lowest BCUT2D eigenvalue weighted by Crippen LogP contribution is -2.56. The van der Waals surface area contributed by atoms with Crippen LogP contribution in [0.5, 0.6) is 11.6 Å². The number of aromatic nitrogens is 1. The first-order chi connectivity index (χ1) is 12.0. The maximum atomic E-state index is 13.1. The summed E-state index contributed by atoms with van der Waals surface area (Å²) in [4.78, 5) is 16.4. The Morgan fingerprint density at radius 1 is 1.32 bits per heavy atom. The number of pyridine rings is 1. The lowest BCUT2D eigenvalue weighted by molar-refractivity contribution is -0.129. The number of hydrogen-bond donors (Lipinski definition) is 2. The molecule has 2 heterocycles. The Labute approximate surface area is 145 Å². The van der Waals surface area contributed by atoms with Crippen LogP contribution in [0.1, 0.15) is 18.4 Å². The molecule has 0 radical (unpaired) electrons. The molecule has 1 aliphatic rings. The average Bonchev–Trinajstić information content (AvgIpc) is 2.61. The second-order valence-corrected chi connectivity index (χ2v) is 6.02. The zero-order valence-electron chi connectivity index (χ0n) is 13.7. The molecular weight excluding hydrogens is 325 g/mol. The first kappa shape index (κ1) is 17.3. The number of nitrogens with one attached hydrogen (secondary N) is 1. The lowest BCUT2D eigenvalue weighted by atomic mass is 9.90. The summed E-state index contributed by atoms with van der Waals surface area (Å²) in [7, 11) is 0. The summed E-state index contributed by atoms with van der Waals surface area (Å²) in [5, 5.41) is 2.84. The van der Waals surface area contributed by atoms with Crippen molar-refractivity contribution in [1.29, 1.82) is 0 Å². The molecule has 0 saturated carbocycles. The highest BCUT2D eigenvalue weighted by Crippen LogP contribution is 2.20. The van der Waals surface area contributed by atoms with Crippen molar-refractivity contribution in [3.8, 4) is 11.6 Å². The summed E-state index contributed by atoms with van der Waals surface area (Å²) in [6, 6.07) is 9.29. The first-order valence-corrected chi connectivity index (χ1v) is 8.08. The summed E-state index contributed by atoms with van der Waals surface area (Å²) in [6.07, 6.45) is 2.62. The molecule has 132 valence electrons. The molecule has 0 aliphatic carbocycles. The number of nitrogens with two attached hydrogens (primary N) is 1. The van der Waals surface area contributed by atoms with Crippen LogP contribution in [-0.4, -0.2) is 29.6 Å². The highest BCUT2D eigenvalue weighted by molar-refractivity contribution is 5.86. The van der Waals surface area contributed by atoms with Gasteiger partial charge in [0.15, 0.2) is 0 Å². The highest BCUT2D eigenvalue weighted by Gasteiger charge is 2.35. The van der Waals surface area contributed by atoms with Gasteiger partial charge < -0.3 is 20.5 Å². The van der Waals surface area contributed by atoms with E-state index in [0.29, 0.717) is 44.2 Å². The van der Waals surface area contributed by atoms with E-state index in [1.807, 2.05) is 0 Å². The van der Waals surface area contributed by atoms with Gasteiger partial charge in [-0.05, 0) is 30.5 Å². The van der Waals surface area contributed by atoms with Crippen LogP contribution in [0.4, 0.5) is 4.39 Å². The largest absolute Gasteiger partial charge is 0.439 e. The molecule has 1 fully saturated rings. The van der Waals surface area contributed by atoms with E-state index < -0.39 is 5.54 Å². The summed E-state index contributed by atoms with van der Waals surface area (Å²) < 4.78 is 23.9. The Morgan fingerprint density at radius 3 is 2.80 bits per heavy atom. The molecule has 0 spiro atoms. The lowest BCUT2D eigenvalue weighted by Gasteiger charge is -2.31. The molecule has 7 heteroatoms. The van der Waals surface area contributed by atoms with Crippen molar-refractivity contribution in [2.24, 2.45) is 5.73 Å². The van der Waals surface area contributed by atoms with Crippen LogP contribution in [0.3, 0.4) is 0 Å². The molecule has 0 unspecified atom stereocenters. The second-order valence-electron chi connectivity index (χ2n) is 6.02. The molecule has 1 saturated heterocycles. The quantitative estimate of drug-likeness (QED) is 0.867. The first-order valence-electron chi connectivity index (χ1n) is 8.08. The van der Waals surface area contributed by atoms with Gasteiger partial charge in [-0.15, -0.1) is 0 Å². The van der Waals surface area contributed by atoms with E-state index in [9.17, 15) is 9.18 Å². The van der Waals surface area contributed by atoms with Gasteiger partial charge in [0, 0.05) is 38.1 Å². The number of benzene rings is 1. The van der Waals surface area contributed by atoms with E-state index in [0.717, 1.165) is 5.56 Å². The Balaban J connectivity index is 1.55. The topological polar surface area (TPSA) is 86.5 Å². The maximum Gasteiger partial charge on any atom is 0.240 e. The summed E-state index contributed by atoms with van der Waals surface area (Å²) >= 11 is 0. The molecule has 25 heavy (non-hydrogen) atoms. The van der Waals surface area contributed by atoms with Crippen LogP contribution in [0.25, 0.3) is 0 Å². The number of ether oxygens (including phenoxy) is 2. The Kier molecular flexibility index (Phi) is 5.25. The van der Waals surface area contributed by atoms with Crippen LogP contribution in [0.2, 0.25) is 0 Å². The molecule has 1 aromatic carbocycles. The minimum atomic E-state index is -0.869. The maximum absolute atomic E-state index is 13.1. The van der Waals surface area contributed by atoms with Crippen molar-refractivity contribution in [3.63, 3.8) is 0 Å². The average molecular weight is 345 g/mol. The van der Waals surface area contributed by atoms with Gasteiger partial charge in [0.25, 0.3) is 0 Å². The Morgan fingerprint density at radius 2 is 2.12 bits per heavy atom. The van der Waals surface area contributed by atoms with Gasteiger partial charge in [-0.3, -0.25) is 4.79 Å². The zero-order chi connectivity index (χ0) is 17.7. The van der Waals surface area contributed by atoms with E-state index >= 15 is 0 Å². The van der Waals surface area contributed by atoms with Crippen molar-refractivity contribution in [3.05, 3.63) is 54.0 Å². The predicted octanol–water partition coefficient (Wildman–Crippen LogP) is 2.14. The number of rotatable bonds is 5. The van der Waals surface area contributed by atoms with Crippen molar-refractivity contribution in [1.82, 2.24) is 10.3 Å². The van der Waals surface area contributed by atoms with Crippen molar-refractivity contribution in [2.75, 3.05) is 13.2 Å². The normalized spacial score (nSPS) is 16.2. The van der Waals surface area contributed by atoms with E-state index in [1.165, 1.54) is 12.1 Å². The second kappa shape index (κ2) is 7.58. The molecular formula is C18H20FN3O3. The van der Waals surface area contributed by atoms with Gasteiger partial charge in [-0.1, -0.05) is 12.1 Å². The minimum Gasteiger partial charge on any atom is -0.439 e. The van der Waals surface area contributed by atoms with Gasteiger partial charge >= 0.3 is 0 Å². The molecule has 6 nitrogen and oxygen atoms in total. The van der Waals surface area contributed by atoms with Gasteiger partial charge in [0.2, 0.25) is 11.8 Å². The van der Waals surface area contributed by atoms with Crippen molar-refractivity contribution in [2.45, 2.75) is 24.9 Å². The molecule has 1 aromatic heterocycles. The molecule has 3 rings (SSSR count). The molecule has 1 amide bonds. The van der Waals surface area contributed by atoms with Crippen molar-refractivity contribution < 1.29 is 18.7 Å². The number of halogens is 1.